The summed E-state index contributed by atoms with van der Waals surface area (Å²) in [4.78, 5) is 14.9. The van der Waals surface area contributed by atoms with Crippen molar-refractivity contribution < 1.29 is 14.3 Å². The van der Waals surface area contributed by atoms with Gasteiger partial charge in [0.15, 0.2) is 6.61 Å². The van der Waals surface area contributed by atoms with Gasteiger partial charge in [-0.05, 0) is 67.7 Å². The first-order valence-corrected chi connectivity index (χ1v) is 10.6. The van der Waals surface area contributed by atoms with Crippen LogP contribution in [0.5, 0.6) is 11.5 Å². The summed E-state index contributed by atoms with van der Waals surface area (Å²) < 4.78 is 10.9. The lowest BCUT2D eigenvalue weighted by molar-refractivity contribution is -0.123. The number of amides is 1. The van der Waals surface area contributed by atoms with Gasteiger partial charge in [-0.3, -0.25) is 9.69 Å². The van der Waals surface area contributed by atoms with Gasteiger partial charge in [0.05, 0.1) is 13.2 Å². The first-order valence-electron chi connectivity index (χ1n) is 10.6. The number of likely N-dealkylation sites (tertiary alicyclic amines) is 1. The zero-order chi connectivity index (χ0) is 20.5. The maximum absolute atomic E-state index is 12.4. The van der Waals surface area contributed by atoms with Crippen LogP contribution in [0.25, 0.3) is 0 Å². The Morgan fingerprint density at radius 3 is 2.28 bits per heavy atom. The molecule has 2 aromatic rings. The van der Waals surface area contributed by atoms with E-state index in [2.05, 4.69) is 29.3 Å². The summed E-state index contributed by atoms with van der Waals surface area (Å²) in [5, 5.41) is 3.06. The Kier molecular flexibility index (Phi) is 7.94. The number of nitrogens with one attached hydrogen (secondary N) is 1. The third kappa shape index (κ3) is 6.23. The molecular weight excluding hydrogens is 364 g/mol. The van der Waals surface area contributed by atoms with Gasteiger partial charge in [-0.15, -0.1) is 0 Å². The van der Waals surface area contributed by atoms with Crippen LogP contribution in [0.3, 0.4) is 0 Å². The molecule has 156 valence electrons. The second-order valence-corrected chi connectivity index (χ2v) is 7.48. The Bertz CT molecular complexity index is 753. The molecule has 1 heterocycles. The number of aryl methyl sites for hydroxylation is 1. The highest BCUT2D eigenvalue weighted by Crippen LogP contribution is 2.26. The summed E-state index contributed by atoms with van der Waals surface area (Å²) in [6.07, 6.45) is 4.68. The fourth-order valence-corrected chi connectivity index (χ4v) is 3.75. The first kappa shape index (κ1) is 21.2. The largest absolute Gasteiger partial charge is 0.497 e. The predicted octanol–water partition coefficient (Wildman–Crippen LogP) is 3.98. The van der Waals surface area contributed by atoms with Crippen molar-refractivity contribution in [2.45, 2.75) is 38.6 Å². The van der Waals surface area contributed by atoms with Gasteiger partial charge in [0.1, 0.15) is 11.5 Å². The molecule has 3 rings (SSSR count). The van der Waals surface area contributed by atoms with E-state index in [1.807, 2.05) is 36.4 Å². The minimum atomic E-state index is -0.0971. The molecule has 0 spiro atoms. The summed E-state index contributed by atoms with van der Waals surface area (Å²) in [6, 6.07) is 16.2. The summed E-state index contributed by atoms with van der Waals surface area (Å²) >= 11 is 0. The van der Waals surface area contributed by atoms with E-state index in [9.17, 15) is 4.79 Å². The number of ether oxygens (including phenoxy) is 2. The standard InChI is InChI=1S/C24H32N2O3/c1-3-19-7-11-22(12-8-19)29-18-24(27)25-17-23(26-15-5-4-6-16-26)20-9-13-21(28-2)14-10-20/h7-14,23H,3-6,15-18H2,1-2H3,(H,25,27)/t23-/m0/s1. The molecule has 0 bridgehead atoms. The second-order valence-electron chi connectivity index (χ2n) is 7.48. The van der Waals surface area contributed by atoms with E-state index in [0.717, 1.165) is 31.0 Å². The van der Waals surface area contributed by atoms with Gasteiger partial charge in [0.2, 0.25) is 0 Å². The van der Waals surface area contributed by atoms with Crippen molar-refractivity contribution in [3.63, 3.8) is 0 Å². The highest BCUT2D eigenvalue weighted by molar-refractivity contribution is 5.77. The van der Waals surface area contributed by atoms with Crippen LogP contribution < -0.4 is 14.8 Å². The van der Waals surface area contributed by atoms with Crippen LogP contribution in [0.2, 0.25) is 0 Å². The molecule has 2 aromatic carbocycles. The fourth-order valence-electron chi connectivity index (χ4n) is 3.75. The average molecular weight is 397 g/mol. The number of hydrogen-bond donors (Lipinski definition) is 1. The second kappa shape index (κ2) is 10.9. The maximum atomic E-state index is 12.4. The minimum absolute atomic E-state index is 0.0286. The van der Waals surface area contributed by atoms with E-state index in [1.54, 1.807) is 7.11 Å². The van der Waals surface area contributed by atoms with Gasteiger partial charge in [-0.1, -0.05) is 37.6 Å². The lowest BCUT2D eigenvalue weighted by Crippen LogP contribution is -2.41. The number of carbonyl (C=O) groups excluding carboxylic acids is 1. The van der Waals surface area contributed by atoms with Crippen LogP contribution in [-0.2, 0) is 11.2 Å². The van der Waals surface area contributed by atoms with Crippen LogP contribution in [0.15, 0.2) is 48.5 Å². The third-order valence-corrected chi connectivity index (χ3v) is 5.53. The number of piperidine rings is 1. The topological polar surface area (TPSA) is 50.8 Å². The van der Waals surface area contributed by atoms with E-state index < -0.39 is 0 Å². The molecule has 1 atom stereocenters. The number of hydrogen-bond acceptors (Lipinski definition) is 4. The monoisotopic (exact) mass is 396 g/mol. The molecule has 0 aliphatic carbocycles. The van der Waals surface area contributed by atoms with Gasteiger partial charge in [-0.25, -0.2) is 0 Å². The molecule has 0 saturated carbocycles. The summed E-state index contributed by atoms with van der Waals surface area (Å²) in [5.41, 5.74) is 2.45. The highest BCUT2D eigenvalue weighted by atomic mass is 16.5. The maximum Gasteiger partial charge on any atom is 0.258 e. The van der Waals surface area contributed by atoms with Crippen molar-refractivity contribution >= 4 is 5.91 Å². The van der Waals surface area contributed by atoms with Gasteiger partial charge in [-0.2, -0.15) is 0 Å². The van der Waals surface area contributed by atoms with Gasteiger partial charge >= 0.3 is 0 Å². The number of carbonyl (C=O) groups is 1. The Labute approximate surface area is 174 Å². The molecule has 29 heavy (non-hydrogen) atoms. The van der Waals surface area contributed by atoms with Crippen LogP contribution >= 0.6 is 0 Å². The summed E-state index contributed by atoms with van der Waals surface area (Å²) in [5.74, 6) is 1.47. The molecule has 1 fully saturated rings. The number of benzene rings is 2. The highest BCUT2D eigenvalue weighted by Gasteiger charge is 2.23. The lowest BCUT2D eigenvalue weighted by atomic mass is 10.0. The zero-order valence-electron chi connectivity index (χ0n) is 17.5. The van der Waals surface area contributed by atoms with Crippen molar-refractivity contribution in [2.75, 3.05) is 33.4 Å². The summed E-state index contributed by atoms with van der Waals surface area (Å²) in [6.45, 7) is 4.84. The van der Waals surface area contributed by atoms with E-state index in [4.69, 9.17) is 9.47 Å². The lowest BCUT2D eigenvalue weighted by Gasteiger charge is -2.35. The average Bonchev–Trinajstić information content (AvgIpc) is 2.79. The predicted molar refractivity (Wildman–Crippen MR) is 115 cm³/mol. The number of rotatable bonds is 9. The van der Waals surface area contributed by atoms with E-state index in [0.29, 0.717) is 6.54 Å². The van der Waals surface area contributed by atoms with Gasteiger partial charge in [0, 0.05) is 6.54 Å². The normalized spacial score (nSPS) is 15.5. The Morgan fingerprint density at radius 1 is 1.00 bits per heavy atom. The first-order chi connectivity index (χ1) is 14.2. The van der Waals surface area contributed by atoms with Crippen LogP contribution in [0, 0.1) is 0 Å². The molecule has 1 aliphatic heterocycles. The molecule has 0 unspecified atom stereocenters. The van der Waals surface area contributed by atoms with Gasteiger partial charge < -0.3 is 14.8 Å². The van der Waals surface area contributed by atoms with Crippen LogP contribution in [-0.4, -0.2) is 44.2 Å². The third-order valence-electron chi connectivity index (χ3n) is 5.53. The molecule has 5 nitrogen and oxygen atoms in total. The molecule has 1 amide bonds. The van der Waals surface area contributed by atoms with E-state index in [-0.39, 0.29) is 18.6 Å². The Morgan fingerprint density at radius 2 is 1.66 bits per heavy atom. The van der Waals surface area contributed by atoms with Crippen molar-refractivity contribution in [3.05, 3.63) is 59.7 Å². The molecule has 0 aromatic heterocycles. The Balaban J connectivity index is 1.56. The molecule has 1 aliphatic rings. The van der Waals surface area contributed by atoms with Crippen LogP contribution in [0.1, 0.15) is 43.4 Å². The molecule has 1 N–H and O–H groups in total. The number of nitrogens with zero attached hydrogens (tertiary/aromatic N) is 1. The van der Waals surface area contributed by atoms with E-state index >= 15 is 0 Å². The van der Waals surface area contributed by atoms with Gasteiger partial charge in [0.25, 0.3) is 5.91 Å². The van der Waals surface area contributed by atoms with Crippen molar-refractivity contribution in [3.8, 4) is 11.5 Å². The zero-order valence-corrected chi connectivity index (χ0v) is 17.5. The van der Waals surface area contributed by atoms with E-state index in [1.165, 1.54) is 30.4 Å². The Hall–Kier alpha value is -2.53. The smallest absolute Gasteiger partial charge is 0.258 e. The molecule has 1 saturated heterocycles. The van der Waals surface area contributed by atoms with Crippen LogP contribution in [0.4, 0.5) is 0 Å². The van der Waals surface area contributed by atoms with Crippen molar-refractivity contribution in [1.29, 1.82) is 0 Å². The molecular formula is C24H32N2O3. The minimum Gasteiger partial charge on any atom is -0.497 e. The number of methoxy groups -OCH3 is 1. The summed E-state index contributed by atoms with van der Waals surface area (Å²) in [7, 11) is 1.67. The SMILES string of the molecule is CCc1ccc(OCC(=O)NC[C@@H](c2ccc(OC)cc2)N2CCCCC2)cc1. The molecule has 5 heteroatoms. The fraction of sp³-hybridized carbons (Fsp3) is 0.458. The van der Waals surface area contributed by atoms with Crippen molar-refractivity contribution in [2.24, 2.45) is 0 Å². The quantitative estimate of drug-likeness (QED) is 0.697. The molecule has 0 radical (unpaired) electrons. The van der Waals surface area contributed by atoms with Crippen molar-refractivity contribution in [1.82, 2.24) is 10.2 Å².